The van der Waals surface area contributed by atoms with E-state index >= 15 is 0 Å². The Bertz CT molecular complexity index is 2170. The van der Waals surface area contributed by atoms with Gasteiger partial charge >= 0.3 is 17.1 Å². The van der Waals surface area contributed by atoms with Crippen molar-refractivity contribution in [3.05, 3.63) is 230 Å². The first-order valence-electron chi connectivity index (χ1n) is 19.3. The zero-order valence-corrected chi connectivity index (χ0v) is 34.4. The summed E-state index contributed by atoms with van der Waals surface area (Å²) in [5.41, 5.74) is 8.84. The molecule has 0 atom stereocenters. The first-order chi connectivity index (χ1) is 29.2. The largest absolute Gasteiger partial charge is 3.00 e. The van der Waals surface area contributed by atoms with Gasteiger partial charge in [0.2, 0.25) is 0 Å². The molecular weight excluding hydrogens is 783 g/mol. The third-order valence-electron chi connectivity index (χ3n) is 9.55. The van der Waals surface area contributed by atoms with Gasteiger partial charge in [0.25, 0.3) is 0 Å². The molecule has 0 aliphatic carbocycles. The number of aromatic nitrogens is 2. The Labute approximate surface area is 364 Å². The summed E-state index contributed by atoms with van der Waals surface area (Å²) in [5.74, 6) is -0.0833. The van der Waals surface area contributed by atoms with Gasteiger partial charge in [-0.1, -0.05) is 170 Å². The molecule has 8 aromatic rings. The number of aliphatic hydroxyl groups is 1. The summed E-state index contributed by atoms with van der Waals surface area (Å²) in [7, 11) is 1.00. The van der Waals surface area contributed by atoms with Gasteiger partial charge in [-0.3, -0.25) is 20.0 Å². The second kappa shape index (κ2) is 25.5. The minimum atomic E-state index is -1.22. The Morgan fingerprint density at radius 2 is 0.683 bits per heavy atom. The molecule has 0 amide bonds. The van der Waals surface area contributed by atoms with E-state index in [4.69, 9.17) is 5.11 Å². The molecule has 0 saturated carbocycles. The Morgan fingerprint density at radius 3 is 0.967 bits per heavy atom. The molecule has 299 valence electrons. The molecule has 0 aliphatic rings. The van der Waals surface area contributed by atoms with Crippen LogP contribution in [0.25, 0.3) is 11.1 Å². The van der Waals surface area contributed by atoms with Crippen molar-refractivity contribution in [3.8, 4) is 22.6 Å². The topological polar surface area (TPSA) is 117 Å². The van der Waals surface area contributed by atoms with Gasteiger partial charge in [-0.05, 0) is 46.5 Å². The van der Waals surface area contributed by atoms with Crippen molar-refractivity contribution in [2.75, 3.05) is 20.2 Å². The predicted molar refractivity (Wildman–Crippen MR) is 242 cm³/mol. The van der Waals surface area contributed by atoms with Crippen molar-refractivity contribution in [2.45, 2.75) is 0 Å². The van der Waals surface area contributed by atoms with Gasteiger partial charge in [0.05, 0.1) is 13.1 Å². The summed E-state index contributed by atoms with van der Waals surface area (Å²) in [5, 5.41) is 29.8. The van der Waals surface area contributed by atoms with E-state index in [2.05, 4.69) is 141 Å². The van der Waals surface area contributed by atoms with Crippen LogP contribution in [-0.4, -0.2) is 53.8 Å². The SMILES string of the molecule is CO.[Fe+3].[O-]c1ccccc1C=NCCN=Cc1ccccc1[O-].c1cc(-c2ccncc2)ccn1.c1ccc([B-](c2ccccc2)(c2ccccc2)c2ccccc2)cc1. The molecular formula is C51H46BFeN4O3. The Hall–Kier alpha value is -6.90. The molecule has 0 unspecified atom stereocenters. The van der Waals surface area contributed by atoms with E-state index in [1.165, 1.54) is 45.1 Å². The van der Waals surface area contributed by atoms with Crippen LogP contribution in [0.3, 0.4) is 0 Å². The van der Waals surface area contributed by atoms with E-state index in [0.29, 0.717) is 24.2 Å². The fourth-order valence-electron chi connectivity index (χ4n) is 6.83. The van der Waals surface area contributed by atoms with Crippen LogP contribution < -0.4 is 32.1 Å². The third-order valence-corrected chi connectivity index (χ3v) is 9.55. The molecule has 0 saturated heterocycles. The maximum absolute atomic E-state index is 11.4. The molecule has 6 aromatic carbocycles. The van der Waals surface area contributed by atoms with Crippen LogP contribution in [-0.2, 0) is 17.1 Å². The van der Waals surface area contributed by atoms with E-state index in [1.807, 2.05) is 24.3 Å². The number of benzene rings is 6. The van der Waals surface area contributed by atoms with E-state index in [1.54, 1.807) is 73.6 Å². The van der Waals surface area contributed by atoms with Gasteiger partial charge in [-0.25, -0.2) is 0 Å². The predicted octanol–water partition coefficient (Wildman–Crippen LogP) is 6.19. The summed E-state index contributed by atoms with van der Waals surface area (Å²) in [4.78, 5) is 16.2. The zero-order chi connectivity index (χ0) is 41.4. The van der Waals surface area contributed by atoms with Gasteiger partial charge in [0.1, 0.15) is 6.15 Å². The number of aliphatic hydroxyl groups excluding tert-OH is 1. The molecule has 0 spiro atoms. The summed E-state index contributed by atoms with van der Waals surface area (Å²) in [6, 6.07) is 64.9. The molecule has 0 bridgehead atoms. The van der Waals surface area contributed by atoms with E-state index in [-0.39, 0.29) is 28.6 Å². The van der Waals surface area contributed by atoms with Crippen molar-refractivity contribution in [1.29, 1.82) is 0 Å². The Kier molecular flexibility index (Phi) is 19.4. The van der Waals surface area contributed by atoms with Crippen molar-refractivity contribution in [1.82, 2.24) is 9.97 Å². The molecule has 7 nitrogen and oxygen atoms in total. The van der Waals surface area contributed by atoms with E-state index in [0.717, 1.165) is 7.11 Å². The number of aliphatic imine (C=N–C) groups is 2. The number of rotatable bonds is 10. The Balaban J connectivity index is 0.000000203. The molecule has 1 radical (unpaired) electrons. The molecule has 0 aliphatic heterocycles. The summed E-state index contributed by atoms with van der Waals surface area (Å²) >= 11 is 0. The molecule has 2 aromatic heterocycles. The minimum Gasteiger partial charge on any atom is -0.872 e. The van der Waals surface area contributed by atoms with Crippen LogP contribution in [0, 0.1) is 0 Å². The average molecular weight is 830 g/mol. The van der Waals surface area contributed by atoms with Gasteiger partial charge in [-0.2, -0.15) is 21.9 Å². The van der Waals surface area contributed by atoms with Crippen LogP contribution in [0.1, 0.15) is 11.1 Å². The fraction of sp³-hybridized carbons (Fsp3) is 0.0588. The summed E-state index contributed by atoms with van der Waals surface area (Å²) in [6.07, 6.45) is 9.04. The molecule has 0 fully saturated rings. The molecule has 2 heterocycles. The zero-order valence-electron chi connectivity index (χ0n) is 33.3. The van der Waals surface area contributed by atoms with Crippen molar-refractivity contribution in [2.24, 2.45) is 9.98 Å². The maximum Gasteiger partial charge on any atom is 3.00 e. The third kappa shape index (κ3) is 12.8. The van der Waals surface area contributed by atoms with Crippen molar-refractivity contribution < 1.29 is 32.4 Å². The van der Waals surface area contributed by atoms with Gasteiger partial charge < -0.3 is 15.3 Å². The van der Waals surface area contributed by atoms with Gasteiger partial charge in [-0.15, -0.1) is 11.5 Å². The standard InChI is InChI=1S/C24H20B.C16H16N2O2.C10H8N2.CH4O.Fe/c1-5-13-21(14-6-1)25(22-15-7-2-8-16-22,23-17-9-3-10-18-23)24-19-11-4-12-20-24;19-15-7-3-1-5-13(15)11-17-9-10-18-12-14-6-2-4-8-16(14)20;1-5-11-6-2-9(1)10-3-7-12-8-4-10;1-2;/h1-20H;1-8,11-12,19-20H,9-10H2;1-8H;2H,1H3;/q-1;;;;+3/p-2. The first-order valence-corrected chi connectivity index (χ1v) is 19.3. The molecule has 60 heavy (non-hydrogen) atoms. The average Bonchev–Trinajstić information content (AvgIpc) is 3.32. The van der Waals surface area contributed by atoms with E-state index in [9.17, 15) is 10.2 Å². The first kappa shape index (κ1) is 45.8. The second-order valence-electron chi connectivity index (χ2n) is 13.1. The van der Waals surface area contributed by atoms with Gasteiger partial charge in [0, 0.05) is 44.3 Å². The van der Waals surface area contributed by atoms with Crippen LogP contribution >= 0.6 is 0 Å². The molecule has 9 heteroatoms. The number of pyridine rings is 2. The molecule has 1 N–H and O–H groups in total. The number of hydrogen-bond acceptors (Lipinski definition) is 7. The smallest absolute Gasteiger partial charge is 0.872 e. The van der Waals surface area contributed by atoms with Gasteiger partial charge in [0.15, 0.2) is 0 Å². The minimum absolute atomic E-state index is 0. The quantitative estimate of drug-likeness (QED) is 0.100. The number of hydrogen-bond donors (Lipinski definition) is 1. The maximum atomic E-state index is 11.4. The number of para-hydroxylation sites is 2. The van der Waals surface area contributed by atoms with Crippen molar-refractivity contribution in [3.63, 3.8) is 0 Å². The second-order valence-corrected chi connectivity index (χ2v) is 13.1. The van der Waals surface area contributed by atoms with Crippen molar-refractivity contribution >= 4 is 40.4 Å². The molecule has 8 rings (SSSR count). The van der Waals surface area contributed by atoms with Crippen LogP contribution in [0.2, 0.25) is 0 Å². The summed E-state index contributed by atoms with van der Waals surface area (Å²) < 4.78 is 0. The fourth-order valence-corrected chi connectivity index (χ4v) is 6.83. The normalized spacial score (nSPS) is 10.5. The number of nitrogens with zero attached hydrogens (tertiary/aromatic N) is 4. The monoisotopic (exact) mass is 829 g/mol. The van der Waals surface area contributed by atoms with Crippen LogP contribution in [0.5, 0.6) is 11.5 Å². The van der Waals surface area contributed by atoms with Crippen LogP contribution in [0.15, 0.2) is 229 Å². The van der Waals surface area contributed by atoms with E-state index < -0.39 is 6.15 Å². The Morgan fingerprint density at radius 1 is 0.417 bits per heavy atom. The summed E-state index contributed by atoms with van der Waals surface area (Å²) in [6.45, 7) is 0.956. The van der Waals surface area contributed by atoms with Crippen LogP contribution in [0.4, 0.5) is 0 Å².